The smallest absolute Gasteiger partial charge is 0.222 e. The van der Waals surface area contributed by atoms with Crippen molar-refractivity contribution in [3.05, 3.63) is 0 Å². The third-order valence-corrected chi connectivity index (χ3v) is 4.90. The number of likely N-dealkylation sites (tertiary alicyclic amines) is 1. The van der Waals surface area contributed by atoms with E-state index in [1.807, 2.05) is 0 Å². The Labute approximate surface area is 111 Å². The lowest BCUT2D eigenvalue weighted by Crippen LogP contribution is -2.34. The highest BCUT2D eigenvalue weighted by molar-refractivity contribution is 5.76. The van der Waals surface area contributed by atoms with E-state index < -0.39 is 0 Å². The summed E-state index contributed by atoms with van der Waals surface area (Å²) in [5.41, 5.74) is 0. The number of nitrogens with zero attached hydrogens (tertiary/aromatic N) is 1. The molecule has 0 aliphatic carbocycles. The van der Waals surface area contributed by atoms with Crippen LogP contribution in [0.15, 0.2) is 0 Å². The predicted molar refractivity (Wildman–Crippen MR) is 74.4 cm³/mol. The standard InChI is InChI=1S/C15H28N2O/c1-3-13-6-9-17(11-13)15(18)10-12(2)14-4-7-16-8-5-14/h12-14,16H,3-11H2,1-2H3. The average molecular weight is 252 g/mol. The Morgan fingerprint density at radius 3 is 2.67 bits per heavy atom. The maximum absolute atomic E-state index is 12.3. The fourth-order valence-corrected chi connectivity index (χ4v) is 3.38. The fourth-order valence-electron chi connectivity index (χ4n) is 3.38. The topological polar surface area (TPSA) is 32.3 Å². The second-order valence-electron chi connectivity index (χ2n) is 6.17. The van der Waals surface area contributed by atoms with Gasteiger partial charge in [0, 0.05) is 19.5 Å². The van der Waals surface area contributed by atoms with Crippen LogP contribution in [0.3, 0.4) is 0 Å². The van der Waals surface area contributed by atoms with Crippen molar-refractivity contribution in [1.82, 2.24) is 10.2 Å². The van der Waals surface area contributed by atoms with Crippen LogP contribution in [-0.4, -0.2) is 37.0 Å². The average Bonchev–Trinajstić information content (AvgIpc) is 2.88. The molecule has 0 aromatic carbocycles. The molecule has 2 atom stereocenters. The molecule has 1 N–H and O–H groups in total. The molecular weight excluding hydrogens is 224 g/mol. The van der Waals surface area contributed by atoms with E-state index in [4.69, 9.17) is 0 Å². The molecule has 2 saturated heterocycles. The van der Waals surface area contributed by atoms with Gasteiger partial charge >= 0.3 is 0 Å². The van der Waals surface area contributed by atoms with Crippen molar-refractivity contribution < 1.29 is 4.79 Å². The van der Waals surface area contributed by atoms with Crippen LogP contribution in [0.2, 0.25) is 0 Å². The summed E-state index contributed by atoms with van der Waals surface area (Å²) in [6.45, 7) is 8.76. The minimum atomic E-state index is 0.400. The Morgan fingerprint density at radius 2 is 2.06 bits per heavy atom. The molecule has 0 radical (unpaired) electrons. The monoisotopic (exact) mass is 252 g/mol. The van der Waals surface area contributed by atoms with Gasteiger partial charge in [0.05, 0.1) is 0 Å². The zero-order chi connectivity index (χ0) is 13.0. The summed E-state index contributed by atoms with van der Waals surface area (Å²) in [5, 5.41) is 3.40. The van der Waals surface area contributed by atoms with E-state index in [0.29, 0.717) is 11.8 Å². The number of carbonyl (C=O) groups is 1. The van der Waals surface area contributed by atoms with Gasteiger partial charge in [0.15, 0.2) is 0 Å². The molecule has 2 aliphatic rings. The molecule has 0 bridgehead atoms. The van der Waals surface area contributed by atoms with E-state index >= 15 is 0 Å². The molecule has 2 fully saturated rings. The number of rotatable bonds is 4. The van der Waals surface area contributed by atoms with Crippen LogP contribution in [0.25, 0.3) is 0 Å². The Hall–Kier alpha value is -0.570. The van der Waals surface area contributed by atoms with Crippen LogP contribution in [0.4, 0.5) is 0 Å². The maximum atomic E-state index is 12.3. The molecule has 1 amide bonds. The van der Waals surface area contributed by atoms with Gasteiger partial charge in [-0.15, -0.1) is 0 Å². The quantitative estimate of drug-likeness (QED) is 0.832. The molecule has 3 heteroatoms. The van der Waals surface area contributed by atoms with Gasteiger partial charge in [-0.3, -0.25) is 4.79 Å². The minimum absolute atomic E-state index is 0.400. The SMILES string of the molecule is CCC1CCN(C(=O)CC(C)C2CCNCC2)C1. The Kier molecular flexibility index (Phi) is 5.04. The van der Waals surface area contributed by atoms with E-state index in [2.05, 4.69) is 24.1 Å². The summed E-state index contributed by atoms with van der Waals surface area (Å²) in [7, 11) is 0. The largest absolute Gasteiger partial charge is 0.342 e. The summed E-state index contributed by atoms with van der Waals surface area (Å²) in [4.78, 5) is 14.4. The highest BCUT2D eigenvalue weighted by atomic mass is 16.2. The Balaban J connectivity index is 1.76. The molecule has 0 aromatic rings. The van der Waals surface area contributed by atoms with Crippen LogP contribution >= 0.6 is 0 Å². The first-order valence-electron chi connectivity index (χ1n) is 7.69. The van der Waals surface area contributed by atoms with Gasteiger partial charge in [-0.1, -0.05) is 20.3 Å². The van der Waals surface area contributed by atoms with E-state index in [0.717, 1.165) is 44.4 Å². The van der Waals surface area contributed by atoms with Crippen LogP contribution < -0.4 is 5.32 Å². The third kappa shape index (κ3) is 3.47. The molecule has 0 saturated carbocycles. The van der Waals surface area contributed by atoms with Gasteiger partial charge in [-0.25, -0.2) is 0 Å². The van der Waals surface area contributed by atoms with Gasteiger partial charge in [0.2, 0.25) is 5.91 Å². The van der Waals surface area contributed by atoms with E-state index in [9.17, 15) is 4.79 Å². The minimum Gasteiger partial charge on any atom is -0.342 e. The molecule has 3 nitrogen and oxygen atoms in total. The van der Waals surface area contributed by atoms with Crippen molar-refractivity contribution in [2.24, 2.45) is 17.8 Å². The van der Waals surface area contributed by atoms with Crippen molar-refractivity contribution in [2.75, 3.05) is 26.2 Å². The molecule has 18 heavy (non-hydrogen) atoms. The van der Waals surface area contributed by atoms with Crippen LogP contribution in [0.1, 0.15) is 46.0 Å². The summed E-state index contributed by atoms with van der Waals surface area (Å²) in [5.74, 6) is 2.46. The highest BCUT2D eigenvalue weighted by Crippen LogP contribution is 2.26. The molecule has 0 spiro atoms. The summed E-state index contributed by atoms with van der Waals surface area (Å²) < 4.78 is 0. The van der Waals surface area contributed by atoms with Crippen molar-refractivity contribution in [2.45, 2.75) is 46.0 Å². The maximum Gasteiger partial charge on any atom is 0.222 e. The van der Waals surface area contributed by atoms with Gasteiger partial charge in [-0.05, 0) is 50.1 Å². The highest BCUT2D eigenvalue weighted by Gasteiger charge is 2.28. The third-order valence-electron chi connectivity index (χ3n) is 4.90. The van der Waals surface area contributed by atoms with Crippen molar-refractivity contribution >= 4 is 5.91 Å². The second kappa shape index (κ2) is 6.55. The summed E-state index contributed by atoms with van der Waals surface area (Å²) in [6, 6.07) is 0. The lowest BCUT2D eigenvalue weighted by Gasteiger charge is -2.29. The lowest BCUT2D eigenvalue weighted by atomic mass is 9.84. The second-order valence-corrected chi connectivity index (χ2v) is 6.17. The molecule has 2 rings (SSSR count). The fraction of sp³-hybridized carbons (Fsp3) is 0.933. The number of amides is 1. The van der Waals surface area contributed by atoms with Crippen LogP contribution in [0, 0.1) is 17.8 Å². The van der Waals surface area contributed by atoms with E-state index in [1.54, 1.807) is 0 Å². The first kappa shape index (κ1) is 13.9. The van der Waals surface area contributed by atoms with E-state index in [-0.39, 0.29) is 0 Å². The number of nitrogens with one attached hydrogen (secondary N) is 1. The van der Waals surface area contributed by atoms with Gasteiger partial charge < -0.3 is 10.2 Å². The van der Waals surface area contributed by atoms with Gasteiger partial charge in [0.1, 0.15) is 0 Å². The number of hydrogen-bond acceptors (Lipinski definition) is 2. The normalized spacial score (nSPS) is 27.4. The van der Waals surface area contributed by atoms with Crippen LogP contribution in [0.5, 0.6) is 0 Å². The van der Waals surface area contributed by atoms with Crippen LogP contribution in [-0.2, 0) is 4.79 Å². The van der Waals surface area contributed by atoms with Gasteiger partial charge in [-0.2, -0.15) is 0 Å². The Morgan fingerprint density at radius 1 is 1.33 bits per heavy atom. The molecule has 2 heterocycles. The summed E-state index contributed by atoms with van der Waals surface area (Å²) in [6.07, 6.45) is 5.68. The zero-order valence-electron chi connectivity index (χ0n) is 12.0. The van der Waals surface area contributed by atoms with Crippen molar-refractivity contribution in [3.63, 3.8) is 0 Å². The lowest BCUT2D eigenvalue weighted by molar-refractivity contribution is -0.131. The number of carbonyl (C=O) groups excluding carboxylic acids is 1. The van der Waals surface area contributed by atoms with Gasteiger partial charge in [0.25, 0.3) is 0 Å². The predicted octanol–water partition coefficient (Wildman–Crippen LogP) is 2.27. The first-order chi connectivity index (χ1) is 8.70. The Bertz CT molecular complexity index is 274. The number of hydrogen-bond donors (Lipinski definition) is 1. The molecule has 2 unspecified atom stereocenters. The van der Waals surface area contributed by atoms with E-state index in [1.165, 1.54) is 25.7 Å². The molecule has 2 aliphatic heterocycles. The number of piperidine rings is 1. The molecule has 104 valence electrons. The summed E-state index contributed by atoms with van der Waals surface area (Å²) >= 11 is 0. The first-order valence-corrected chi connectivity index (χ1v) is 7.69. The molecule has 0 aromatic heterocycles. The molecular formula is C15H28N2O. The van der Waals surface area contributed by atoms with Crippen molar-refractivity contribution in [3.8, 4) is 0 Å². The zero-order valence-corrected chi connectivity index (χ0v) is 12.0. The van der Waals surface area contributed by atoms with Crippen molar-refractivity contribution in [1.29, 1.82) is 0 Å².